The highest BCUT2D eigenvalue weighted by Gasteiger charge is 2.28. The highest BCUT2D eigenvalue weighted by atomic mass is 35.5. The highest BCUT2D eigenvalue weighted by molar-refractivity contribution is 6.31. The summed E-state index contributed by atoms with van der Waals surface area (Å²) >= 11 is 6.28. The molecule has 0 unspecified atom stereocenters. The average molecular weight is 399 g/mol. The van der Waals surface area contributed by atoms with Crippen molar-refractivity contribution in [3.63, 3.8) is 0 Å². The zero-order valence-electron chi connectivity index (χ0n) is 16.7. The molecule has 0 aliphatic carbocycles. The fourth-order valence-corrected chi connectivity index (χ4v) is 4.12. The maximum Gasteiger partial charge on any atom is 0.225 e. The number of fused-ring (bicyclic) bond motifs is 1. The van der Waals surface area contributed by atoms with Gasteiger partial charge in [-0.15, -0.1) is 0 Å². The zero-order chi connectivity index (χ0) is 19.7. The van der Waals surface area contributed by atoms with Crippen molar-refractivity contribution in [3.05, 3.63) is 53.6 Å². The number of benzene rings is 1. The Morgan fingerprint density at radius 2 is 1.79 bits per heavy atom. The number of hydrogen-bond donors (Lipinski definition) is 0. The van der Waals surface area contributed by atoms with Crippen molar-refractivity contribution in [1.82, 2.24) is 14.9 Å². The minimum absolute atomic E-state index is 0.450. The van der Waals surface area contributed by atoms with Crippen LogP contribution in [0.4, 0.5) is 17.3 Å². The van der Waals surface area contributed by atoms with Crippen LogP contribution >= 0.6 is 11.6 Å². The molecule has 28 heavy (non-hydrogen) atoms. The smallest absolute Gasteiger partial charge is 0.225 e. The number of rotatable bonds is 4. The molecule has 0 bridgehead atoms. The number of anilines is 3. The van der Waals surface area contributed by atoms with Crippen molar-refractivity contribution in [2.24, 2.45) is 0 Å². The molecular formula is C21H27ClN6. The minimum atomic E-state index is 0.450. The SMILES string of the molecule is CN(C)Cc1cnc(N2CCC(N3C=CN(C)c4ccc(Cl)cc43)CC2)nc1. The summed E-state index contributed by atoms with van der Waals surface area (Å²) in [6.45, 7) is 2.77. The van der Waals surface area contributed by atoms with Gasteiger partial charge in [0.05, 0.1) is 11.4 Å². The van der Waals surface area contributed by atoms with E-state index in [0.717, 1.165) is 49.0 Å². The summed E-state index contributed by atoms with van der Waals surface area (Å²) in [5, 5.41) is 0.774. The molecule has 2 aliphatic rings. The molecule has 0 spiro atoms. The maximum absolute atomic E-state index is 6.28. The van der Waals surface area contributed by atoms with E-state index < -0.39 is 0 Å². The molecule has 2 aromatic rings. The molecule has 0 N–H and O–H groups in total. The van der Waals surface area contributed by atoms with Crippen molar-refractivity contribution in [2.45, 2.75) is 25.4 Å². The van der Waals surface area contributed by atoms with Crippen LogP contribution < -0.4 is 14.7 Å². The van der Waals surface area contributed by atoms with Crippen LogP contribution in [-0.4, -0.2) is 55.1 Å². The van der Waals surface area contributed by atoms with Gasteiger partial charge in [-0.2, -0.15) is 0 Å². The predicted octanol–water partition coefficient (Wildman–Crippen LogP) is 3.59. The molecule has 1 fully saturated rings. The van der Waals surface area contributed by atoms with Gasteiger partial charge in [0.15, 0.2) is 0 Å². The van der Waals surface area contributed by atoms with Gasteiger partial charge in [0.1, 0.15) is 0 Å². The standard InChI is InChI=1S/C21H27ClN6/c1-25(2)15-16-13-23-21(24-14-16)27-8-6-18(7-9-27)28-11-10-26(3)19-5-4-17(22)12-20(19)28/h4-5,10-14,18H,6-9,15H2,1-3H3. The van der Waals surface area contributed by atoms with Crippen LogP contribution in [0.25, 0.3) is 0 Å². The molecule has 0 radical (unpaired) electrons. The lowest BCUT2D eigenvalue weighted by atomic mass is 10.0. The number of piperidine rings is 1. The molecule has 3 heterocycles. The lowest BCUT2D eigenvalue weighted by Crippen LogP contribution is -2.44. The average Bonchev–Trinajstić information content (AvgIpc) is 2.69. The summed E-state index contributed by atoms with van der Waals surface area (Å²) < 4.78 is 0. The number of halogens is 1. The van der Waals surface area contributed by atoms with Crippen molar-refractivity contribution in [1.29, 1.82) is 0 Å². The van der Waals surface area contributed by atoms with Gasteiger partial charge < -0.3 is 19.6 Å². The molecule has 148 valence electrons. The Hall–Kier alpha value is -2.31. The lowest BCUT2D eigenvalue weighted by Gasteiger charge is -2.41. The van der Waals surface area contributed by atoms with Crippen LogP contribution in [0.1, 0.15) is 18.4 Å². The number of hydrogen-bond acceptors (Lipinski definition) is 6. The number of aromatic nitrogens is 2. The van der Waals surface area contributed by atoms with Crippen LogP contribution in [0.2, 0.25) is 5.02 Å². The third-order valence-electron chi connectivity index (χ3n) is 5.38. The summed E-state index contributed by atoms with van der Waals surface area (Å²) in [5.41, 5.74) is 3.51. The Balaban J connectivity index is 1.43. The number of nitrogens with zero attached hydrogens (tertiary/aromatic N) is 6. The molecule has 1 aromatic heterocycles. The van der Waals surface area contributed by atoms with E-state index in [4.69, 9.17) is 11.6 Å². The molecule has 4 rings (SSSR count). The Bertz CT molecular complexity index is 842. The fourth-order valence-electron chi connectivity index (χ4n) is 3.95. The monoisotopic (exact) mass is 398 g/mol. The molecule has 6 nitrogen and oxygen atoms in total. The summed E-state index contributed by atoms with van der Waals surface area (Å²) in [7, 11) is 6.17. The Morgan fingerprint density at radius 3 is 2.46 bits per heavy atom. The molecule has 7 heteroatoms. The quantitative estimate of drug-likeness (QED) is 0.783. The third kappa shape index (κ3) is 3.93. The van der Waals surface area contributed by atoms with Crippen LogP contribution in [0.3, 0.4) is 0 Å². The van der Waals surface area contributed by atoms with Crippen molar-refractivity contribution >= 4 is 28.9 Å². The Morgan fingerprint density at radius 1 is 1.07 bits per heavy atom. The van der Waals surface area contributed by atoms with Gasteiger partial charge in [-0.25, -0.2) is 9.97 Å². The first-order valence-electron chi connectivity index (χ1n) is 9.71. The summed E-state index contributed by atoms with van der Waals surface area (Å²) in [4.78, 5) is 18.1. The van der Waals surface area contributed by atoms with Gasteiger partial charge in [-0.3, -0.25) is 0 Å². The topological polar surface area (TPSA) is 38.7 Å². The van der Waals surface area contributed by atoms with E-state index >= 15 is 0 Å². The lowest BCUT2D eigenvalue weighted by molar-refractivity contribution is 0.401. The maximum atomic E-state index is 6.28. The second-order valence-corrected chi connectivity index (χ2v) is 8.23. The van der Waals surface area contributed by atoms with E-state index in [-0.39, 0.29) is 0 Å². The first kappa shape index (κ1) is 19.0. The van der Waals surface area contributed by atoms with Crippen LogP contribution in [0.5, 0.6) is 0 Å². The van der Waals surface area contributed by atoms with E-state index in [2.05, 4.69) is 75.2 Å². The van der Waals surface area contributed by atoms with Gasteiger partial charge in [-0.1, -0.05) is 11.6 Å². The van der Waals surface area contributed by atoms with Crippen LogP contribution in [0.15, 0.2) is 43.0 Å². The third-order valence-corrected chi connectivity index (χ3v) is 5.61. The van der Waals surface area contributed by atoms with E-state index in [9.17, 15) is 0 Å². The van der Waals surface area contributed by atoms with Gasteiger partial charge in [0.25, 0.3) is 0 Å². The minimum Gasteiger partial charge on any atom is -0.348 e. The van der Waals surface area contributed by atoms with Crippen molar-refractivity contribution < 1.29 is 0 Å². The molecule has 0 atom stereocenters. The predicted molar refractivity (Wildman–Crippen MR) is 116 cm³/mol. The fraction of sp³-hybridized carbons (Fsp3) is 0.429. The molecule has 2 aliphatic heterocycles. The Kier molecular flexibility index (Phi) is 5.42. The van der Waals surface area contributed by atoms with Gasteiger partial charge in [-0.05, 0) is 45.1 Å². The molecular weight excluding hydrogens is 372 g/mol. The summed E-state index contributed by atoms with van der Waals surface area (Å²) in [5.74, 6) is 0.832. The summed E-state index contributed by atoms with van der Waals surface area (Å²) in [6, 6.07) is 6.56. The second-order valence-electron chi connectivity index (χ2n) is 7.80. The van der Waals surface area contributed by atoms with Crippen LogP contribution in [-0.2, 0) is 6.54 Å². The van der Waals surface area contributed by atoms with Crippen LogP contribution in [0, 0.1) is 0 Å². The van der Waals surface area contributed by atoms with Gasteiger partial charge in [0.2, 0.25) is 5.95 Å². The van der Waals surface area contributed by atoms with Gasteiger partial charge >= 0.3 is 0 Å². The molecule has 0 amide bonds. The normalized spacial score (nSPS) is 17.4. The van der Waals surface area contributed by atoms with E-state index in [0.29, 0.717) is 6.04 Å². The van der Waals surface area contributed by atoms with E-state index in [1.54, 1.807) is 0 Å². The second kappa shape index (κ2) is 7.97. The van der Waals surface area contributed by atoms with E-state index in [1.807, 2.05) is 18.5 Å². The van der Waals surface area contributed by atoms with Crippen molar-refractivity contribution in [3.8, 4) is 0 Å². The Labute approximate surface area is 172 Å². The zero-order valence-corrected chi connectivity index (χ0v) is 17.5. The largest absolute Gasteiger partial charge is 0.348 e. The van der Waals surface area contributed by atoms with Crippen molar-refractivity contribution in [2.75, 3.05) is 48.9 Å². The van der Waals surface area contributed by atoms with Gasteiger partial charge in [0, 0.05) is 68.1 Å². The molecule has 0 saturated carbocycles. The molecule has 1 aromatic carbocycles. The molecule has 1 saturated heterocycles. The van der Waals surface area contributed by atoms with E-state index in [1.165, 1.54) is 11.4 Å². The highest BCUT2D eigenvalue weighted by Crippen LogP contribution is 2.38. The first-order valence-corrected chi connectivity index (χ1v) is 10.1. The first-order chi connectivity index (χ1) is 13.5. The summed E-state index contributed by atoms with van der Waals surface area (Å²) in [6.07, 6.45) is 10.3.